The van der Waals surface area contributed by atoms with Gasteiger partial charge in [0.1, 0.15) is 6.10 Å². The minimum absolute atomic E-state index is 0.149. The van der Waals surface area contributed by atoms with Gasteiger partial charge in [0.15, 0.2) is 8.38 Å². The van der Waals surface area contributed by atoms with Crippen molar-refractivity contribution in [3.8, 4) is 0 Å². The van der Waals surface area contributed by atoms with Gasteiger partial charge in [-0.15, -0.1) is 0 Å². The summed E-state index contributed by atoms with van der Waals surface area (Å²) in [5.41, 5.74) is 3.86. The summed E-state index contributed by atoms with van der Waals surface area (Å²) >= 11 is 0. The van der Waals surface area contributed by atoms with Crippen molar-refractivity contribution in [1.29, 1.82) is 0 Å². The van der Waals surface area contributed by atoms with Crippen LogP contribution in [0.1, 0.15) is 67.2 Å². The average Bonchev–Trinajstić information content (AvgIpc) is 2.59. The summed E-state index contributed by atoms with van der Waals surface area (Å²) < 4.78 is 20.9. The first-order chi connectivity index (χ1) is 12.8. The maximum Gasteiger partial charge on any atom is 0.510 e. The maximum atomic E-state index is 11.5. The minimum atomic E-state index is -1.09. The van der Waals surface area contributed by atoms with Gasteiger partial charge in [-0.3, -0.25) is 4.52 Å². The molecule has 0 saturated carbocycles. The second-order valence-electron chi connectivity index (χ2n) is 6.62. The van der Waals surface area contributed by atoms with E-state index in [1.807, 2.05) is 13.8 Å². The number of allylic oxidation sites excluding steroid dienone is 6. The molecule has 0 N–H and O–H groups in total. The predicted octanol–water partition coefficient (Wildman–Crippen LogP) is 6.90. The molecule has 0 amide bonds. The van der Waals surface area contributed by atoms with Crippen molar-refractivity contribution in [2.45, 2.75) is 73.3 Å². The van der Waals surface area contributed by atoms with Crippen LogP contribution in [-0.2, 0) is 18.5 Å². The molecule has 0 saturated heterocycles. The summed E-state index contributed by atoms with van der Waals surface area (Å²) in [7, 11) is 0.529. The molecular weight excluding hydrogens is 363 g/mol. The lowest BCUT2D eigenvalue weighted by atomic mass is 10.0. The van der Waals surface area contributed by atoms with Crippen LogP contribution in [-0.4, -0.2) is 32.3 Å². The third-order valence-corrected chi connectivity index (χ3v) is 5.15. The van der Waals surface area contributed by atoms with Crippen molar-refractivity contribution in [3.05, 3.63) is 34.9 Å². The highest BCUT2D eigenvalue weighted by Crippen LogP contribution is 2.38. The van der Waals surface area contributed by atoms with Gasteiger partial charge >= 0.3 is 6.16 Å². The molecule has 0 aliphatic carbocycles. The molecule has 0 spiro atoms. The Balaban J connectivity index is 4.40. The summed E-state index contributed by atoms with van der Waals surface area (Å²) in [6, 6.07) is 0. The molecule has 0 heterocycles. The van der Waals surface area contributed by atoms with Gasteiger partial charge in [-0.1, -0.05) is 43.2 Å². The van der Waals surface area contributed by atoms with E-state index in [4.69, 9.17) is 18.5 Å². The van der Waals surface area contributed by atoms with Gasteiger partial charge in [0.05, 0.1) is 0 Å². The molecule has 0 bridgehead atoms. The van der Waals surface area contributed by atoms with E-state index in [0.29, 0.717) is 0 Å². The highest BCUT2D eigenvalue weighted by molar-refractivity contribution is 7.47. The van der Waals surface area contributed by atoms with Crippen molar-refractivity contribution in [2.24, 2.45) is 0 Å². The molecule has 0 aliphatic rings. The highest BCUT2D eigenvalue weighted by atomic mass is 31.2. The number of hydrogen-bond donors (Lipinski definition) is 0. The Morgan fingerprint density at radius 1 is 1.15 bits per heavy atom. The van der Waals surface area contributed by atoms with Crippen molar-refractivity contribution in [2.75, 3.05) is 20.1 Å². The maximum absolute atomic E-state index is 11.5. The average molecular weight is 400 g/mol. The predicted molar refractivity (Wildman–Crippen MR) is 113 cm³/mol. The molecule has 0 aromatic carbocycles. The largest absolute Gasteiger partial charge is 0.510 e. The number of carbonyl (C=O) groups excluding carboxylic acids is 1. The molecule has 0 radical (unpaired) electrons. The summed E-state index contributed by atoms with van der Waals surface area (Å²) in [4.78, 5) is 11.5. The normalized spacial score (nSPS) is 14.5. The molecule has 27 heavy (non-hydrogen) atoms. The van der Waals surface area contributed by atoms with Crippen LogP contribution >= 0.6 is 8.38 Å². The van der Waals surface area contributed by atoms with Crippen molar-refractivity contribution in [3.63, 3.8) is 0 Å². The Kier molecular flexibility index (Phi) is 15.2. The Hall–Kier alpha value is -1.16. The van der Waals surface area contributed by atoms with Gasteiger partial charge in [0, 0.05) is 13.3 Å². The molecule has 0 aliphatic heterocycles. The molecule has 156 valence electrons. The SMILES string of the molecule is CC/C=C(C)/C=C(\C=C(C)C)CCCP(OC)OCOC(=O)OC(C)CC. The molecule has 6 heteroatoms. The van der Waals surface area contributed by atoms with E-state index < -0.39 is 14.5 Å². The third kappa shape index (κ3) is 14.6. The van der Waals surface area contributed by atoms with E-state index in [9.17, 15) is 4.79 Å². The smallest absolute Gasteiger partial charge is 0.431 e. The van der Waals surface area contributed by atoms with Crippen LogP contribution in [0.3, 0.4) is 0 Å². The van der Waals surface area contributed by atoms with Crippen LogP contribution in [0.25, 0.3) is 0 Å². The first kappa shape index (κ1) is 25.8. The number of ether oxygens (including phenoxy) is 2. The standard InChI is InChI=1S/C21H37O5P/c1-8-11-18(5)15-20(14-17(3)4)12-10-13-27(23-7)25-16-24-21(22)26-19(6)9-2/h11,14-15,19H,8-10,12-13,16H2,1-7H3/b18-11+,20-15-. The second kappa shape index (κ2) is 15.9. The van der Waals surface area contributed by atoms with E-state index in [2.05, 4.69) is 45.9 Å². The fourth-order valence-corrected chi connectivity index (χ4v) is 3.27. The number of carbonyl (C=O) groups is 1. The molecule has 2 unspecified atom stereocenters. The van der Waals surface area contributed by atoms with Gasteiger partial charge in [-0.25, -0.2) is 4.79 Å². The monoisotopic (exact) mass is 400 g/mol. The topological polar surface area (TPSA) is 54.0 Å². The van der Waals surface area contributed by atoms with Gasteiger partial charge in [-0.05, 0) is 59.0 Å². The first-order valence-electron chi connectivity index (χ1n) is 9.62. The Morgan fingerprint density at radius 3 is 2.41 bits per heavy atom. The van der Waals surface area contributed by atoms with E-state index in [-0.39, 0.29) is 12.9 Å². The van der Waals surface area contributed by atoms with Crippen molar-refractivity contribution >= 4 is 14.5 Å². The fourth-order valence-electron chi connectivity index (χ4n) is 2.27. The van der Waals surface area contributed by atoms with Gasteiger partial charge in [0.2, 0.25) is 6.79 Å². The Labute approximate surface area is 166 Å². The van der Waals surface area contributed by atoms with Crippen LogP contribution in [0.5, 0.6) is 0 Å². The molecule has 0 aromatic rings. The number of rotatable bonds is 13. The highest BCUT2D eigenvalue weighted by Gasteiger charge is 2.13. The zero-order valence-electron chi connectivity index (χ0n) is 18.0. The Bertz CT molecular complexity index is 507. The second-order valence-corrected chi connectivity index (χ2v) is 8.35. The van der Waals surface area contributed by atoms with Crippen LogP contribution in [0.2, 0.25) is 0 Å². The van der Waals surface area contributed by atoms with E-state index in [1.54, 1.807) is 7.11 Å². The van der Waals surface area contributed by atoms with Crippen LogP contribution in [0.4, 0.5) is 4.79 Å². The van der Waals surface area contributed by atoms with Crippen LogP contribution in [0.15, 0.2) is 34.9 Å². The summed E-state index contributed by atoms with van der Waals surface area (Å²) in [6.07, 6.45) is 10.3. The van der Waals surface area contributed by atoms with Gasteiger partial charge < -0.3 is 14.0 Å². The van der Waals surface area contributed by atoms with Crippen molar-refractivity contribution in [1.82, 2.24) is 0 Å². The van der Waals surface area contributed by atoms with Gasteiger partial charge in [-0.2, -0.15) is 0 Å². The molecule has 5 nitrogen and oxygen atoms in total. The fraction of sp³-hybridized carbons (Fsp3) is 0.667. The van der Waals surface area contributed by atoms with E-state index in [0.717, 1.165) is 31.8 Å². The molecule has 0 aromatic heterocycles. The lowest BCUT2D eigenvalue weighted by Gasteiger charge is -2.16. The summed E-state index contributed by atoms with van der Waals surface area (Å²) in [5.74, 6) is 0. The number of hydrogen-bond acceptors (Lipinski definition) is 5. The molecule has 0 fully saturated rings. The lowest BCUT2D eigenvalue weighted by molar-refractivity contribution is -0.0121. The summed E-state index contributed by atoms with van der Waals surface area (Å²) in [5, 5.41) is 0. The molecular formula is C21H37O5P. The van der Waals surface area contributed by atoms with Crippen molar-refractivity contribution < 1.29 is 23.3 Å². The molecule has 0 rings (SSSR count). The van der Waals surface area contributed by atoms with E-state index in [1.165, 1.54) is 16.7 Å². The van der Waals surface area contributed by atoms with E-state index >= 15 is 0 Å². The first-order valence-corrected chi connectivity index (χ1v) is 11.0. The zero-order chi connectivity index (χ0) is 20.7. The Morgan fingerprint density at radius 2 is 1.85 bits per heavy atom. The third-order valence-electron chi connectivity index (χ3n) is 3.67. The zero-order valence-corrected chi connectivity index (χ0v) is 18.9. The summed E-state index contributed by atoms with van der Waals surface area (Å²) in [6.45, 7) is 12.1. The minimum Gasteiger partial charge on any atom is -0.431 e. The van der Waals surface area contributed by atoms with Crippen LogP contribution in [0, 0.1) is 0 Å². The lowest BCUT2D eigenvalue weighted by Crippen LogP contribution is -2.16. The quantitative estimate of drug-likeness (QED) is 0.146. The molecule has 2 atom stereocenters. The van der Waals surface area contributed by atoms with Crippen LogP contribution < -0.4 is 0 Å². The van der Waals surface area contributed by atoms with Gasteiger partial charge in [0.25, 0.3) is 0 Å².